The first-order valence-corrected chi connectivity index (χ1v) is 15.1. The Morgan fingerprint density at radius 2 is 1.87 bits per heavy atom. The number of nitrogens with one attached hydrogen (secondary N) is 1. The zero-order valence-corrected chi connectivity index (χ0v) is 25.2. The smallest absolute Gasteiger partial charge is 0.164 e. The van der Waals surface area contributed by atoms with Crippen LogP contribution >= 0.6 is 22.9 Å². The van der Waals surface area contributed by atoms with Crippen molar-refractivity contribution in [1.29, 1.82) is 0 Å². The summed E-state index contributed by atoms with van der Waals surface area (Å²) in [5, 5.41) is 1.26. The van der Waals surface area contributed by atoms with E-state index in [1.165, 1.54) is 17.4 Å². The maximum atomic E-state index is 15.2. The van der Waals surface area contributed by atoms with E-state index in [0.29, 0.717) is 6.61 Å². The largest absolute Gasteiger partial charge is 0.347 e. The van der Waals surface area contributed by atoms with E-state index in [4.69, 9.17) is 21.1 Å². The van der Waals surface area contributed by atoms with Gasteiger partial charge in [0.15, 0.2) is 5.79 Å². The molecule has 0 amide bonds. The van der Waals surface area contributed by atoms with Crippen molar-refractivity contribution < 1.29 is 18.1 Å². The first kappa shape index (κ1) is 28.3. The van der Waals surface area contributed by atoms with Crippen molar-refractivity contribution in [3.8, 4) is 11.3 Å². The Bertz CT molecular complexity index is 1550. The van der Waals surface area contributed by atoms with E-state index in [2.05, 4.69) is 9.71 Å². The third-order valence-corrected chi connectivity index (χ3v) is 9.87. The quantitative estimate of drug-likeness (QED) is 0.249. The second-order valence-electron chi connectivity index (χ2n) is 11.4. The van der Waals surface area contributed by atoms with Crippen molar-refractivity contribution >= 4 is 44.0 Å². The molecule has 1 aliphatic heterocycles. The molecule has 0 radical (unpaired) electrons. The van der Waals surface area contributed by atoms with E-state index >= 15 is 4.39 Å². The zero-order valence-electron chi connectivity index (χ0n) is 22.8. The minimum atomic E-state index is -1.47. The molecular weight excluding hydrogens is 555 g/mol. The van der Waals surface area contributed by atoms with Crippen LogP contribution < -0.4 is 4.72 Å². The van der Waals surface area contributed by atoms with Crippen molar-refractivity contribution in [2.45, 2.75) is 63.7 Å². The molecule has 2 unspecified atom stereocenters. The van der Waals surface area contributed by atoms with Crippen LogP contribution in [0.4, 0.5) is 4.39 Å². The molecule has 2 aromatic heterocycles. The second kappa shape index (κ2) is 10.3. The van der Waals surface area contributed by atoms with Crippen LogP contribution in [0.5, 0.6) is 0 Å². The first-order valence-electron chi connectivity index (χ1n) is 12.7. The van der Waals surface area contributed by atoms with E-state index in [0.717, 1.165) is 31.8 Å². The average molecular weight is 587 g/mol. The number of hydrogen-bond donors (Lipinski definition) is 1. The molecule has 39 heavy (non-hydrogen) atoms. The fourth-order valence-corrected chi connectivity index (χ4v) is 7.12. The van der Waals surface area contributed by atoms with E-state index in [1.54, 1.807) is 18.3 Å². The Morgan fingerprint density at radius 3 is 2.54 bits per heavy atom. The van der Waals surface area contributed by atoms with Gasteiger partial charge < -0.3 is 9.47 Å². The van der Waals surface area contributed by atoms with Crippen LogP contribution in [0.15, 0.2) is 60.8 Å². The summed E-state index contributed by atoms with van der Waals surface area (Å²) in [6.45, 7) is 11.9. The van der Waals surface area contributed by atoms with Crippen LogP contribution in [-0.2, 0) is 26.1 Å². The van der Waals surface area contributed by atoms with E-state index in [9.17, 15) is 4.21 Å². The highest BCUT2D eigenvalue weighted by molar-refractivity contribution is 7.84. The van der Waals surface area contributed by atoms with Crippen LogP contribution in [0.3, 0.4) is 0 Å². The first-order chi connectivity index (χ1) is 18.3. The van der Waals surface area contributed by atoms with Crippen LogP contribution in [0.25, 0.3) is 21.3 Å². The summed E-state index contributed by atoms with van der Waals surface area (Å²) >= 11 is 8.01. The highest BCUT2D eigenvalue weighted by atomic mass is 35.5. The van der Waals surface area contributed by atoms with Gasteiger partial charge in [-0.15, -0.1) is 11.3 Å². The lowest BCUT2D eigenvalue weighted by Gasteiger charge is -2.25. The summed E-state index contributed by atoms with van der Waals surface area (Å²) in [6, 6.07) is 15.9. The lowest BCUT2D eigenvalue weighted by molar-refractivity contribution is -0.159. The molecule has 1 fully saturated rings. The van der Waals surface area contributed by atoms with Gasteiger partial charge in [0, 0.05) is 31.9 Å². The van der Waals surface area contributed by atoms with Crippen LogP contribution in [0, 0.1) is 5.82 Å². The lowest BCUT2D eigenvalue weighted by atomic mass is 9.96. The SMILES string of the molecule is CC1(C)OCC(C)(c2ccnc(-c3cccc4cc([C@@H](NS(=O)C(C)(C)C)c5c(F)cccc5Cl)sc34)c2)O1. The third kappa shape index (κ3) is 5.69. The summed E-state index contributed by atoms with van der Waals surface area (Å²) in [4.78, 5) is 5.49. The van der Waals surface area contributed by atoms with Crippen molar-refractivity contribution in [2.75, 3.05) is 6.61 Å². The van der Waals surface area contributed by atoms with Crippen molar-refractivity contribution in [3.05, 3.63) is 87.6 Å². The van der Waals surface area contributed by atoms with E-state index < -0.39 is 39.0 Å². The number of fused-ring (bicyclic) bond motifs is 1. The Morgan fingerprint density at radius 1 is 1.13 bits per heavy atom. The van der Waals surface area contributed by atoms with Gasteiger partial charge in [-0.25, -0.2) is 13.3 Å². The molecule has 5 nitrogen and oxygen atoms in total. The summed E-state index contributed by atoms with van der Waals surface area (Å²) < 4.78 is 44.1. The van der Waals surface area contributed by atoms with Gasteiger partial charge in [0.25, 0.3) is 0 Å². The summed E-state index contributed by atoms with van der Waals surface area (Å²) in [5.41, 5.74) is 2.41. The number of hydrogen-bond acceptors (Lipinski definition) is 5. The van der Waals surface area contributed by atoms with Crippen LogP contribution in [-0.4, -0.2) is 26.3 Å². The van der Waals surface area contributed by atoms with Gasteiger partial charge in [0.05, 0.1) is 34.1 Å². The Balaban J connectivity index is 1.61. The van der Waals surface area contributed by atoms with Crippen molar-refractivity contribution in [3.63, 3.8) is 0 Å². The molecule has 2 aromatic carbocycles. The highest BCUT2D eigenvalue weighted by Gasteiger charge is 2.43. The summed E-state index contributed by atoms with van der Waals surface area (Å²) in [6.07, 6.45) is 1.79. The van der Waals surface area contributed by atoms with Gasteiger partial charge in [-0.2, -0.15) is 0 Å². The van der Waals surface area contributed by atoms with Gasteiger partial charge in [0.1, 0.15) is 11.4 Å². The standard InChI is InChI=1S/C30H32ClFN2O3S2/c1-28(2,3)39(35)34-26(25-21(31)11-8-12-22(25)32)24-15-18-9-7-10-20(27(18)38-24)23-16-19(13-14-33-23)30(6)17-36-29(4,5)37-30/h7-16,26,34H,17H2,1-6H3/t26-,30?,39?/m1/s1. The van der Waals surface area contributed by atoms with Crippen LogP contribution in [0.2, 0.25) is 5.02 Å². The number of nitrogens with zero attached hydrogens (tertiary/aromatic N) is 1. The highest BCUT2D eigenvalue weighted by Crippen LogP contribution is 2.43. The van der Waals surface area contributed by atoms with Crippen LogP contribution in [0.1, 0.15) is 63.6 Å². The maximum Gasteiger partial charge on any atom is 0.164 e. The molecule has 0 saturated carbocycles. The fraction of sp³-hybridized carbons (Fsp3) is 0.367. The molecule has 0 aliphatic carbocycles. The molecule has 4 aromatic rings. The molecule has 3 heterocycles. The Kier molecular flexibility index (Phi) is 7.50. The van der Waals surface area contributed by atoms with Crippen molar-refractivity contribution in [1.82, 2.24) is 9.71 Å². The molecule has 1 saturated heterocycles. The number of benzene rings is 2. The van der Waals surface area contributed by atoms with E-state index in [-0.39, 0.29) is 10.6 Å². The molecule has 0 spiro atoms. The topological polar surface area (TPSA) is 60.5 Å². The number of aromatic nitrogens is 1. The normalized spacial score (nSPS) is 20.8. The third-order valence-electron chi connectivity index (χ3n) is 6.73. The molecule has 206 valence electrons. The zero-order chi connectivity index (χ0) is 28.2. The predicted molar refractivity (Wildman–Crippen MR) is 158 cm³/mol. The van der Waals surface area contributed by atoms with Gasteiger partial charge in [0.2, 0.25) is 0 Å². The minimum absolute atomic E-state index is 0.277. The molecule has 9 heteroatoms. The molecule has 0 bridgehead atoms. The number of halogens is 2. The van der Waals surface area contributed by atoms with Gasteiger partial charge in [-0.05, 0) is 82.8 Å². The number of rotatable bonds is 6. The molecule has 1 aliphatic rings. The Hall–Kier alpha value is -2.20. The molecular formula is C30H32ClFN2O3S2. The number of thiophene rings is 1. The molecule has 1 N–H and O–H groups in total. The van der Waals surface area contributed by atoms with Gasteiger partial charge in [-0.1, -0.05) is 35.9 Å². The number of pyridine rings is 1. The summed E-state index contributed by atoms with van der Waals surface area (Å²) in [7, 11) is -1.47. The minimum Gasteiger partial charge on any atom is -0.347 e. The maximum absolute atomic E-state index is 15.2. The predicted octanol–water partition coefficient (Wildman–Crippen LogP) is 7.90. The van der Waals surface area contributed by atoms with E-state index in [1.807, 2.05) is 77.9 Å². The monoisotopic (exact) mass is 586 g/mol. The van der Waals surface area contributed by atoms with Gasteiger partial charge in [-0.3, -0.25) is 4.98 Å². The fourth-order valence-electron chi connectivity index (χ4n) is 4.72. The lowest BCUT2D eigenvalue weighted by Crippen LogP contribution is -2.36. The molecule has 5 rings (SSSR count). The summed E-state index contributed by atoms with van der Waals surface area (Å²) in [5.74, 6) is -1.11. The average Bonchev–Trinajstić information content (AvgIpc) is 3.43. The molecule has 3 atom stereocenters. The van der Waals surface area contributed by atoms with Gasteiger partial charge >= 0.3 is 0 Å². The number of ether oxygens (including phenoxy) is 2. The van der Waals surface area contributed by atoms with Crippen molar-refractivity contribution in [2.24, 2.45) is 0 Å². The Labute approximate surface area is 240 Å². The second-order valence-corrected chi connectivity index (χ2v) is 14.9.